The van der Waals surface area contributed by atoms with Crippen LogP contribution in [-0.2, 0) is 19.6 Å². The molecule has 0 amide bonds. The van der Waals surface area contributed by atoms with E-state index in [1.165, 1.54) is 5.56 Å². The van der Waals surface area contributed by atoms with Crippen molar-refractivity contribution in [3.05, 3.63) is 85.9 Å². The first-order chi connectivity index (χ1) is 13.6. The van der Waals surface area contributed by atoms with Crippen molar-refractivity contribution in [3.8, 4) is 11.5 Å². The number of anilines is 1. The number of hydrogen-bond donors (Lipinski definition) is 1. The standard InChI is InChI=1S/C23H23ClINO2/c1-3-16-7-9-20(10-8-16)26-14-18-12-21(25)23(22(13-18)27-2)28-15-17-5-4-6-19(24)11-17/h4-13,26H,3,14-15H2,1-2H3. The first-order valence-electron chi connectivity index (χ1n) is 9.15. The summed E-state index contributed by atoms with van der Waals surface area (Å²) in [5, 5.41) is 4.16. The number of benzene rings is 3. The summed E-state index contributed by atoms with van der Waals surface area (Å²) in [6.45, 7) is 3.31. The first-order valence-corrected chi connectivity index (χ1v) is 10.6. The molecule has 3 aromatic carbocycles. The molecule has 3 aromatic rings. The Labute approximate surface area is 185 Å². The molecule has 0 saturated carbocycles. The Hall–Kier alpha value is -1.92. The summed E-state index contributed by atoms with van der Waals surface area (Å²) in [5.74, 6) is 1.48. The predicted molar refractivity (Wildman–Crippen MR) is 125 cm³/mol. The third-order valence-electron chi connectivity index (χ3n) is 4.42. The molecule has 0 unspecified atom stereocenters. The summed E-state index contributed by atoms with van der Waals surface area (Å²) in [4.78, 5) is 0. The maximum atomic E-state index is 6.05. The fraction of sp³-hybridized carbons (Fsp3) is 0.217. The smallest absolute Gasteiger partial charge is 0.174 e. The fourth-order valence-electron chi connectivity index (χ4n) is 2.86. The Bertz CT molecular complexity index is 928. The van der Waals surface area contributed by atoms with Crippen LogP contribution in [0.25, 0.3) is 0 Å². The minimum Gasteiger partial charge on any atom is -0.493 e. The van der Waals surface area contributed by atoms with Crippen LogP contribution in [0.4, 0.5) is 5.69 Å². The van der Waals surface area contributed by atoms with Gasteiger partial charge in [-0.25, -0.2) is 0 Å². The molecule has 0 spiro atoms. The highest BCUT2D eigenvalue weighted by molar-refractivity contribution is 14.1. The molecule has 5 heteroatoms. The zero-order valence-corrected chi connectivity index (χ0v) is 18.9. The van der Waals surface area contributed by atoms with Crippen LogP contribution in [0, 0.1) is 3.57 Å². The maximum absolute atomic E-state index is 6.05. The molecule has 0 heterocycles. The Balaban J connectivity index is 1.69. The van der Waals surface area contributed by atoms with Gasteiger partial charge in [0.05, 0.1) is 10.7 Å². The summed E-state index contributed by atoms with van der Waals surface area (Å²) in [6, 6.07) is 20.3. The average molecular weight is 508 g/mol. The van der Waals surface area contributed by atoms with Crippen LogP contribution in [0.5, 0.6) is 11.5 Å². The van der Waals surface area contributed by atoms with E-state index in [9.17, 15) is 0 Å². The molecule has 3 nitrogen and oxygen atoms in total. The Kier molecular flexibility index (Phi) is 7.45. The zero-order chi connectivity index (χ0) is 19.9. The summed E-state index contributed by atoms with van der Waals surface area (Å²) in [5.41, 5.74) is 4.60. The average Bonchev–Trinajstić information content (AvgIpc) is 2.71. The molecule has 0 aliphatic rings. The minimum absolute atomic E-state index is 0.439. The van der Waals surface area contributed by atoms with E-state index in [1.807, 2.05) is 30.3 Å². The number of halogens is 2. The van der Waals surface area contributed by atoms with Crippen molar-refractivity contribution in [2.75, 3.05) is 12.4 Å². The highest BCUT2D eigenvalue weighted by atomic mass is 127. The first kappa shape index (κ1) is 20.8. The molecule has 0 fully saturated rings. The van der Waals surface area contributed by atoms with Gasteiger partial charge in [-0.05, 0) is 82.1 Å². The van der Waals surface area contributed by atoms with E-state index in [2.05, 4.69) is 65.2 Å². The van der Waals surface area contributed by atoms with Gasteiger partial charge in [-0.3, -0.25) is 0 Å². The van der Waals surface area contributed by atoms with E-state index >= 15 is 0 Å². The lowest BCUT2D eigenvalue weighted by Gasteiger charge is -2.15. The van der Waals surface area contributed by atoms with Crippen LogP contribution in [0.3, 0.4) is 0 Å². The van der Waals surface area contributed by atoms with Crippen LogP contribution in [0.15, 0.2) is 60.7 Å². The van der Waals surface area contributed by atoms with Crippen LogP contribution < -0.4 is 14.8 Å². The van der Waals surface area contributed by atoms with Gasteiger partial charge in [0.1, 0.15) is 6.61 Å². The van der Waals surface area contributed by atoms with Crippen molar-refractivity contribution in [3.63, 3.8) is 0 Å². The van der Waals surface area contributed by atoms with Gasteiger partial charge in [0.25, 0.3) is 0 Å². The fourth-order valence-corrected chi connectivity index (χ4v) is 3.89. The van der Waals surface area contributed by atoms with E-state index in [0.717, 1.165) is 38.3 Å². The van der Waals surface area contributed by atoms with Crippen molar-refractivity contribution >= 4 is 39.9 Å². The summed E-state index contributed by atoms with van der Waals surface area (Å²) in [6.07, 6.45) is 1.05. The largest absolute Gasteiger partial charge is 0.493 e. The Morgan fingerprint density at radius 2 is 1.75 bits per heavy atom. The molecule has 0 saturated heterocycles. The predicted octanol–water partition coefficient (Wildman–Crippen LogP) is 6.71. The molecular weight excluding hydrogens is 485 g/mol. The lowest BCUT2D eigenvalue weighted by molar-refractivity contribution is 0.282. The van der Waals surface area contributed by atoms with E-state index < -0.39 is 0 Å². The van der Waals surface area contributed by atoms with Crippen LogP contribution in [0.2, 0.25) is 5.02 Å². The van der Waals surface area contributed by atoms with E-state index in [1.54, 1.807) is 7.11 Å². The van der Waals surface area contributed by atoms with Crippen molar-refractivity contribution in [1.82, 2.24) is 0 Å². The van der Waals surface area contributed by atoms with Gasteiger partial charge < -0.3 is 14.8 Å². The molecule has 0 aliphatic heterocycles. The SMILES string of the molecule is CCc1ccc(NCc2cc(I)c(OCc3cccc(Cl)c3)c(OC)c2)cc1. The lowest BCUT2D eigenvalue weighted by Crippen LogP contribution is -2.03. The number of ether oxygens (including phenoxy) is 2. The third-order valence-corrected chi connectivity index (χ3v) is 5.46. The van der Waals surface area contributed by atoms with Gasteiger partial charge in [-0.15, -0.1) is 0 Å². The van der Waals surface area contributed by atoms with Crippen LogP contribution >= 0.6 is 34.2 Å². The highest BCUT2D eigenvalue weighted by Crippen LogP contribution is 2.35. The molecule has 0 aliphatic carbocycles. The number of methoxy groups -OCH3 is 1. The van der Waals surface area contributed by atoms with E-state index in [4.69, 9.17) is 21.1 Å². The van der Waals surface area contributed by atoms with Gasteiger partial charge >= 0.3 is 0 Å². The number of nitrogens with one attached hydrogen (secondary N) is 1. The Morgan fingerprint density at radius 3 is 2.43 bits per heavy atom. The van der Waals surface area contributed by atoms with E-state index in [0.29, 0.717) is 18.2 Å². The van der Waals surface area contributed by atoms with Crippen molar-refractivity contribution in [1.29, 1.82) is 0 Å². The molecule has 0 radical (unpaired) electrons. The van der Waals surface area contributed by atoms with E-state index in [-0.39, 0.29) is 0 Å². The third kappa shape index (κ3) is 5.55. The molecule has 0 aromatic heterocycles. The number of hydrogen-bond acceptors (Lipinski definition) is 3. The topological polar surface area (TPSA) is 30.5 Å². The molecule has 3 rings (SSSR count). The van der Waals surface area contributed by atoms with Gasteiger partial charge in [-0.1, -0.05) is 42.8 Å². The van der Waals surface area contributed by atoms with Crippen molar-refractivity contribution in [2.45, 2.75) is 26.5 Å². The number of aryl methyl sites for hydroxylation is 1. The van der Waals surface area contributed by atoms with Crippen molar-refractivity contribution in [2.24, 2.45) is 0 Å². The van der Waals surface area contributed by atoms with Gasteiger partial charge in [0, 0.05) is 17.3 Å². The molecule has 0 bridgehead atoms. The van der Waals surface area contributed by atoms with Crippen LogP contribution in [-0.4, -0.2) is 7.11 Å². The number of rotatable bonds is 8. The molecule has 0 atom stereocenters. The minimum atomic E-state index is 0.439. The van der Waals surface area contributed by atoms with Crippen molar-refractivity contribution < 1.29 is 9.47 Å². The second kappa shape index (κ2) is 10.0. The second-order valence-corrected chi connectivity index (χ2v) is 8.03. The maximum Gasteiger partial charge on any atom is 0.174 e. The van der Waals surface area contributed by atoms with Gasteiger partial charge in [0.2, 0.25) is 0 Å². The second-order valence-electron chi connectivity index (χ2n) is 6.43. The summed E-state index contributed by atoms with van der Waals surface area (Å²) in [7, 11) is 1.67. The Morgan fingerprint density at radius 1 is 0.964 bits per heavy atom. The summed E-state index contributed by atoms with van der Waals surface area (Å²) >= 11 is 8.34. The van der Waals surface area contributed by atoms with Crippen LogP contribution in [0.1, 0.15) is 23.6 Å². The monoisotopic (exact) mass is 507 g/mol. The molecule has 146 valence electrons. The highest BCUT2D eigenvalue weighted by Gasteiger charge is 2.12. The molecule has 28 heavy (non-hydrogen) atoms. The lowest BCUT2D eigenvalue weighted by atomic mass is 10.1. The zero-order valence-electron chi connectivity index (χ0n) is 16.0. The van der Waals surface area contributed by atoms with Gasteiger partial charge in [0.15, 0.2) is 11.5 Å². The summed E-state index contributed by atoms with van der Waals surface area (Å²) < 4.78 is 12.6. The molecular formula is C23H23ClINO2. The quantitative estimate of drug-likeness (QED) is 0.344. The van der Waals surface area contributed by atoms with Gasteiger partial charge in [-0.2, -0.15) is 0 Å². The normalized spacial score (nSPS) is 10.6. The molecule has 1 N–H and O–H groups in total.